The van der Waals surface area contributed by atoms with Crippen LogP contribution in [0.1, 0.15) is 20.8 Å². The van der Waals surface area contributed by atoms with E-state index in [1.54, 1.807) is 34.9 Å². The third-order valence-electron chi connectivity index (χ3n) is 2.10. The van der Waals surface area contributed by atoms with Crippen LogP contribution in [0.2, 0.25) is 0 Å². The molecule has 5 nitrogen and oxygen atoms in total. The number of hydrogen-bond acceptors (Lipinski definition) is 4. The summed E-state index contributed by atoms with van der Waals surface area (Å²) in [6, 6.07) is 0. The SMILES string of the molecule is CC(C)(C)C(=O)OCC[N+](C)(C)CC(=O)[O-]. The van der Waals surface area contributed by atoms with Gasteiger partial charge < -0.3 is 19.1 Å². The zero-order valence-corrected chi connectivity index (χ0v) is 10.7. The van der Waals surface area contributed by atoms with Crippen LogP contribution in [-0.4, -0.2) is 50.2 Å². The third-order valence-corrected chi connectivity index (χ3v) is 2.10. The van der Waals surface area contributed by atoms with Crippen molar-refractivity contribution < 1.29 is 23.9 Å². The first-order valence-corrected chi connectivity index (χ1v) is 5.24. The largest absolute Gasteiger partial charge is 0.544 e. The van der Waals surface area contributed by atoms with Crippen molar-refractivity contribution >= 4 is 11.9 Å². The standard InChI is InChI=1S/C11H21NO4/c1-11(2,3)10(15)16-7-6-12(4,5)8-9(13)14/h6-8H2,1-5H3. The van der Waals surface area contributed by atoms with Crippen molar-refractivity contribution in [3.05, 3.63) is 0 Å². The zero-order chi connectivity index (χ0) is 13.0. The van der Waals surface area contributed by atoms with Crippen molar-refractivity contribution in [2.75, 3.05) is 33.8 Å². The average molecular weight is 231 g/mol. The number of likely N-dealkylation sites (N-methyl/N-ethyl adjacent to an activating group) is 1. The summed E-state index contributed by atoms with van der Waals surface area (Å²) in [5.41, 5.74) is -0.522. The Morgan fingerprint density at radius 3 is 2.12 bits per heavy atom. The predicted molar refractivity (Wildman–Crippen MR) is 57.3 cm³/mol. The second-order valence-electron chi connectivity index (χ2n) is 5.58. The van der Waals surface area contributed by atoms with Gasteiger partial charge in [-0.25, -0.2) is 0 Å². The molecule has 0 aromatic carbocycles. The molecule has 0 fully saturated rings. The van der Waals surface area contributed by atoms with E-state index in [0.717, 1.165) is 0 Å². The number of carboxylic acids is 1. The molecule has 0 aliphatic rings. The molecule has 0 amide bonds. The van der Waals surface area contributed by atoms with E-state index in [1.807, 2.05) is 0 Å². The van der Waals surface area contributed by atoms with Crippen LogP contribution in [0.25, 0.3) is 0 Å². The summed E-state index contributed by atoms with van der Waals surface area (Å²) in [5.74, 6) is -1.38. The highest BCUT2D eigenvalue weighted by Crippen LogP contribution is 2.14. The lowest BCUT2D eigenvalue weighted by atomic mass is 9.97. The number of quaternary nitrogens is 1. The Morgan fingerprint density at radius 2 is 1.75 bits per heavy atom. The average Bonchev–Trinajstić information content (AvgIpc) is 1.98. The van der Waals surface area contributed by atoms with Crippen LogP contribution in [0.4, 0.5) is 0 Å². The minimum Gasteiger partial charge on any atom is -0.544 e. The molecule has 0 aromatic heterocycles. The maximum Gasteiger partial charge on any atom is 0.311 e. The summed E-state index contributed by atoms with van der Waals surface area (Å²) in [5, 5.41) is 10.4. The number of esters is 1. The van der Waals surface area contributed by atoms with Gasteiger partial charge in [0.2, 0.25) is 0 Å². The van der Waals surface area contributed by atoms with Gasteiger partial charge in [-0.15, -0.1) is 0 Å². The number of hydrogen-bond donors (Lipinski definition) is 0. The summed E-state index contributed by atoms with van der Waals surface area (Å²) in [7, 11) is 3.50. The Bertz CT molecular complexity index is 266. The molecule has 0 heterocycles. The van der Waals surface area contributed by atoms with Crippen molar-refractivity contribution in [2.45, 2.75) is 20.8 Å². The van der Waals surface area contributed by atoms with Crippen LogP contribution in [0.15, 0.2) is 0 Å². The fourth-order valence-electron chi connectivity index (χ4n) is 1.03. The molecule has 0 N–H and O–H groups in total. The van der Waals surface area contributed by atoms with Crippen molar-refractivity contribution in [3.8, 4) is 0 Å². The van der Waals surface area contributed by atoms with E-state index in [0.29, 0.717) is 6.54 Å². The summed E-state index contributed by atoms with van der Waals surface area (Å²) >= 11 is 0. The van der Waals surface area contributed by atoms with Crippen LogP contribution >= 0.6 is 0 Å². The molecule has 0 saturated carbocycles. The van der Waals surface area contributed by atoms with Gasteiger partial charge in [-0.1, -0.05) is 0 Å². The lowest BCUT2D eigenvalue weighted by molar-refractivity contribution is -0.884. The van der Waals surface area contributed by atoms with E-state index in [4.69, 9.17) is 4.74 Å². The number of ether oxygens (including phenoxy) is 1. The number of aliphatic carboxylic acids is 1. The first-order valence-electron chi connectivity index (χ1n) is 5.24. The number of carboxylic acid groups (broad SMARTS) is 1. The van der Waals surface area contributed by atoms with E-state index >= 15 is 0 Å². The van der Waals surface area contributed by atoms with Gasteiger partial charge in [-0.2, -0.15) is 0 Å². The van der Waals surface area contributed by atoms with Crippen LogP contribution < -0.4 is 5.11 Å². The third kappa shape index (κ3) is 6.40. The Morgan fingerprint density at radius 1 is 1.25 bits per heavy atom. The first-order chi connectivity index (χ1) is 7.04. The number of nitrogens with zero attached hydrogens (tertiary/aromatic N) is 1. The molecule has 0 radical (unpaired) electrons. The minimum absolute atomic E-state index is 0.0902. The Kier molecular flexibility index (Phi) is 4.93. The highest BCUT2D eigenvalue weighted by molar-refractivity contribution is 5.75. The highest BCUT2D eigenvalue weighted by atomic mass is 16.5. The molecule has 5 heteroatoms. The second-order valence-corrected chi connectivity index (χ2v) is 5.58. The molecule has 94 valence electrons. The zero-order valence-electron chi connectivity index (χ0n) is 10.7. The van der Waals surface area contributed by atoms with Crippen LogP contribution in [0.3, 0.4) is 0 Å². The van der Waals surface area contributed by atoms with Gasteiger partial charge in [0, 0.05) is 0 Å². The predicted octanol–water partition coefficient (Wildman–Crippen LogP) is -0.598. The Labute approximate surface area is 96.6 Å². The Balaban J connectivity index is 3.99. The quantitative estimate of drug-likeness (QED) is 0.468. The number of carbonyl (C=O) groups excluding carboxylic acids is 2. The maximum atomic E-state index is 11.4. The van der Waals surface area contributed by atoms with Gasteiger partial charge in [-0.3, -0.25) is 4.79 Å². The molecule has 0 saturated heterocycles. The molecule has 0 unspecified atom stereocenters. The summed E-state index contributed by atoms with van der Waals surface area (Å²) in [6.07, 6.45) is 0. The summed E-state index contributed by atoms with van der Waals surface area (Å²) in [6.45, 7) is 5.91. The van der Waals surface area contributed by atoms with Crippen molar-refractivity contribution in [2.24, 2.45) is 5.41 Å². The van der Waals surface area contributed by atoms with E-state index in [2.05, 4.69) is 0 Å². The van der Waals surface area contributed by atoms with Gasteiger partial charge in [-0.05, 0) is 20.8 Å². The lowest BCUT2D eigenvalue weighted by Gasteiger charge is -2.30. The molecule has 0 rings (SSSR count). The van der Waals surface area contributed by atoms with Gasteiger partial charge in [0.1, 0.15) is 19.7 Å². The topological polar surface area (TPSA) is 66.4 Å². The molecule has 16 heavy (non-hydrogen) atoms. The van der Waals surface area contributed by atoms with Gasteiger partial charge >= 0.3 is 5.97 Å². The maximum absolute atomic E-state index is 11.4. The molecule has 0 aromatic rings. The van der Waals surface area contributed by atoms with Crippen LogP contribution in [0.5, 0.6) is 0 Å². The number of rotatable bonds is 5. The smallest absolute Gasteiger partial charge is 0.311 e. The van der Waals surface area contributed by atoms with E-state index < -0.39 is 11.4 Å². The molecule has 0 atom stereocenters. The molecular weight excluding hydrogens is 210 g/mol. The fraction of sp³-hybridized carbons (Fsp3) is 0.818. The van der Waals surface area contributed by atoms with Gasteiger partial charge in [0.15, 0.2) is 0 Å². The van der Waals surface area contributed by atoms with E-state index in [1.165, 1.54) is 0 Å². The fourth-order valence-corrected chi connectivity index (χ4v) is 1.03. The lowest BCUT2D eigenvalue weighted by Crippen LogP contribution is -2.50. The summed E-state index contributed by atoms with van der Waals surface area (Å²) in [4.78, 5) is 21.9. The Hall–Kier alpha value is -1.10. The van der Waals surface area contributed by atoms with E-state index in [9.17, 15) is 14.7 Å². The first kappa shape index (κ1) is 14.9. The normalized spacial score (nSPS) is 12.3. The monoisotopic (exact) mass is 231 g/mol. The van der Waals surface area contributed by atoms with E-state index in [-0.39, 0.29) is 23.6 Å². The summed E-state index contributed by atoms with van der Waals surface area (Å²) < 4.78 is 5.29. The molecule has 0 aliphatic carbocycles. The van der Waals surface area contributed by atoms with Gasteiger partial charge in [0.25, 0.3) is 0 Å². The molecule has 0 bridgehead atoms. The minimum atomic E-state index is -1.10. The van der Waals surface area contributed by atoms with Crippen LogP contribution in [-0.2, 0) is 14.3 Å². The van der Waals surface area contributed by atoms with Gasteiger partial charge in [0.05, 0.1) is 25.5 Å². The number of carbonyl (C=O) groups is 2. The van der Waals surface area contributed by atoms with Crippen LogP contribution in [0, 0.1) is 5.41 Å². The molecule has 0 aliphatic heterocycles. The van der Waals surface area contributed by atoms with Crippen molar-refractivity contribution in [3.63, 3.8) is 0 Å². The molecular formula is C11H21NO4. The molecule has 0 spiro atoms. The highest BCUT2D eigenvalue weighted by Gasteiger charge is 2.24. The van der Waals surface area contributed by atoms with Crippen molar-refractivity contribution in [1.82, 2.24) is 0 Å². The second kappa shape index (κ2) is 5.30. The van der Waals surface area contributed by atoms with Crippen molar-refractivity contribution in [1.29, 1.82) is 0 Å².